The Morgan fingerprint density at radius 2 is 1.91 bits per heavy atom. The summed E-state index contributed by atoms with van der Waals surface area (Å²) < 4.78 is 11.2. The standard InChI is InChI=1S/C18H22ClNO3/c1-12-9-13(2)11-15(10-12)22-8-7-20(4)18(21)17-6-5-16(23-17)14(3)19/h5-6,9-11,14H,7-8H2,1-4H3. The van der Waals surface area contributed by atoms with Crippen molar-refractivity contribution in [3.63, 3.8) is 0 Å². The van der Waals surface area contributed by atoms with Crippen LogP contribution in [0.5, 0.6) is 5.75 Å². The Bertz CT molecular complexity index is 658. The average Bonchev–Trinajstić information content (AvgIpc) is 2.95. The molecule has 1 unspecified atom stereocenters. The van der Waals surface area contributed by atoms with Gasteiger partial charge in [0.1, 0.15) is 18.1 Å². The second-order valence-electron chi connectivity index (χ2n) is 5.72. The molecule has 124 valence electrons. The number of carbonyl (C=O) groups is 1. The lowest BCUT2D eigenvalue weighted by atomic mass is 10.1. The Balaban J connectivity index is 1.88. The Morgan fingerprint density at radius 3 is 2.48 bits per heavy atom. The van der Waals surface area contributed by atoms with E-state index in [2.05, 4.69) is 6.07 Å². The van der Waals surface area contributed by atoms with E-state index in [4.69, 9.17) is 20.8 Å². The maximum absolute atomic E-state index is 12.3. The molecule has 0 aliphatic heterocycles. The molecule has 0 bridgehead atoms. The van der Waals surface area contributed by atoms with E-state index in [1.54, 1.807) is 31.0 Å². The van der Waals surface area contributed by atoms with Crippen molar-refractivity contribution in [3.05, 3.63) is 53.0 Å². The Hall–Kier alpha value is -1.94. The molecule has 1 aromatic carbocycles. The van der Waals surface area contributed by atoms with Crippen molar-refractivity contribution in [1.82, 2.24) is 4.90 Å². The third-order valence-corrected chi connectivity index (χ3v) is 3.68. The fraction of sp³-hybridized carbons (Fsp3) is 0.389. The highest BCUT2D eigenvalue weighted by Gasteiger charge is 2.17. The highest BCUT2D eigenvalue weighted by atomic mass is 35.5. The largest absolute Gasteiger partial charge is 0.492 e. The summed E-state index contributed by atoms with van der Waals surface area (Å²) in [6.45, 7) is 6.75. The van der Waals surface area contributed by atoms with E-state index in [-0.39, 0.29) is 11.3 Å². The van der Waals surface area contributed by atoms with Crippen molar-refractivity contribution in [3.8, 4) is 5.75 Å². The van der Waals surface area contributed by atoms with Crippen LogP contribution in [0.25, 0.3) is 0 Å². The molecule has 23 heavy (non-hydrogen) atoms. The number of carbonyl (C=O) groups excluding carboxylic acids is 1. The third kappa shape index (κ3) is 4.76. The number of amides is 1. The van der Waals surface area contributed by atoms with Gasteiger partial charge in [-0.1, -0.05) is 6.07 Å². The summed E-state index contributed by atoms with van der Waals surface area (Å²) in [6.07, 6.45) is 0. The minimum Gasteiger partial charge on any atom is -0.492 e. The predicted octanol–water partition coefficient (Wildman–Crippen LogP) is 4.35. The molecule has 0 fully saturated rings. The van der Waals surface area contributed by atoms with Crippen molar-refractivity contribution in [2.45, 2.75) is 26.1 Å². The zero-order valence-corrected chi connectivity index (χ0v) is 14.7. The number of rotatable bonds is 6. The quantitative estimate of drug-likeness (QED) is 0.737. The highest BCUT2D eigenvalue weighted by Crippen LogP contribution is 2.22. The first-order valence-corrected chi connectivity index (χ1v) is 8.01. The van der Waals surface area contributed by atoms with Gasteiger partial charge in [0.15, 0.2) is 5.76 Å². The molecule has 0 spiro atoms. The summed E-state index contributed by atoms with van der Waals surface area (Å²) in [5.74, 6) is 1.52. The second kappa shape index (κ2) is 7.55. The van der Waals surface area contributed by atoms with Gasteiger partial charge in [-0.2, -0.15) is 0 Å². The number of halogens is 1. The number of hydrogen-bond donors (Lipinski definition) is 0. The molecule has 1 aromatic heterocycles. The molecule has 2 aromatic rings. The van der Waals surface area contributed by atoms with Crippen LogP contribution < -0.4 is 4.74 Å². The highest BCUT2D eigenvalue weighted by molar-refractivity contribution is 6.20. The minimum atomic E-state index is -0.255. The topological polar surface area (TPSA) is 42.7 Å². The van der Waals surface area contributed by atoms with E-state index < -0.39 is 0 Å². The van der Waals surface area contributed by atoms with E-state index in [1.165, 1.54) is 0 Å². The Morgan fingerprint density at radius 1 is 1.26 bits per heavy atom. The zero-order chi connectivity index (χ0) is 17.0. The van der Waals surface area contributed by atoms with Gasteiger partial charge in [0.2, 0.25) is 0 Å². The third-order valence-electron chi connectivity index (χ3n) is 3.47. The van der Waals surface area contributed by atoms with Crippen LogP contribution in [0.15, 0.2) is 34.7 Å². The first-order valence-electron chi connectivity index (χ1n) is 7.57. The van der Waals surface area contributed by atoms with Crippen LogP contribution >= 0.6 is 11.6 Å². The maximum atomic E-state index is 12.3. The van der Waals surface area contributed by atoms with Crippen molar-refractivity contribution in [2.24, 2.45) is 0 Å². The van der Waals surface area contributed by atoms with E-state index in [9.17, 15) is 4.79 Å². The molecule has 4 nitrogen and oxygen atoms in total. The smallest absolute Gasteiger partial charge is 0.289 e. The van der Waals surface area contributed by atoms with Gasteiger partial charge in [0, 0.05) is 7.05 Å². The van der Waals surface area contributed by atoms with Crippen LogP contribution in [-0.4, -0.2) is 31.0 Å². The molecule has 1 heterocycles. The van der Waals surface area contributed by atoms with Crippen LogP contribution in [0.3, 0.4) is 0 Å². The lowest BCUT2D eigenvalue weighted by molar-refractivity contribution is 0.0740. The van der Waals surface area contributed by atoms with Crippen LogP contribution in [0.2, 0.25) is 0 Å². The summed E-state index contributed by atoms with van der Waals surface area (Å²) in [6, 6.07) is 9.43. The summed E-state index contributed by atoms with van der Waals surface area (Å²) in [5.41, 5.74) is 2.31. The number of nitrogens with zero attached hydrogens (tertiary/aromatic N) is 1. The lowest BCUT2D eigenvalue weighted by Crippen LogP contribution is -2.30. The van der Waals surface area contributed by atoms with Gasteiger partial charge in [0.05, 0.1) is 11.9 Å². The minimum absolute atomic E-state index is 0.183. The number of hydrogen-bond acceptors (Lipinski definition) is 3. The molecule has 0 saturated heterocycles. The summed E-state index contributed by atoms with van der Waals surface area (Å²) in [5, 5.41) is -0.255. The Labute approximate surface area is 142 Å². The molecule has 2 rings (SSSR count). The van der Waals surface area contributed by atoms with Crippen molar-refractivity contribution in [2.75, 3.05) is 20.2 Å². The first kappa shape index (κ1) is 17.4. The number of furan rings is 1. The summed E-state index contributed by atoms with van der Waals surface area (Å²) >= 11 is 5.94. The average molecular weight is 336 g/mol. The number of aryl methyl sites for hydroxylation is 2. The van der Waals surface area contributed by atoms with Gasteiger partial charge in [-0.3, -0.25) is 4.79 Å². The Kier molecular flexibility index (Phi) is 5.72. The van der Waals surface area contributed by atoms with Crippen LogP contribution in [0, 0.1) is 13.8 Å². The fourth-order valence-electron chi connectivity index (χ4n) is 2.29. The molecular formula is C18H22ClNO3. The van der Waals surface area contributed by atoms with E-state index in [0.717, 1.165) is 16.9 Å². The van der Waals surface area contributed by atoms with E-state index in [0.29, 0.717) is 24.7 Å². The molecule has 1 atom stereocenters. The molecule has 0 aliphatic carbocycles. The molecular weight excluding hydrogens is 314 g/mol. The zero-order valence-electron chi connectivity index (χ0n) is 13.9. The van der Waals surface area contributed by atoms with Crippen LogP contribution in [0.4, 0.5) is 0 Å². The van der Waals surface area contributed by atoms with Crippen molar-refractivity contribution >= 4 is 17.5 Å². The molecule has 0 aliphatic rings. The van der Waals surface area contributed by atoms with Gasteiger partial charge in [-0.05, 0) is 56.2 Å². The van der Waals surface area contributed by atoms with Gasteiger partial charge in [-0.25, -0.2) is 0 Å². The van der Waals surface area contributed by atoms with Crippen molar-refractivity contribution in [1.29, 1.82) is 0 Å². The molecule has 1 amide bonds. The van der Waals surface area contributed by atoms with Gasteiger partial charge < -0.3 is 14.1 Å². The maximum Gasteiger partial charge on any atom is 0.289 e. The molecule has 5 heteroatoms. The van der Waals surface area contributed by atoms with Crippen LogP contribution in [0.1, 0.15) is 39.7 Å². The fourth-order valence-corrected chi connectivity index (χ4v) is 2.41. The van der Waals surface area contributed by atoms with Gasteiger partial charge in [-0.15, -0.1) is 11.6 Å². The number of alkyl halides is 1. The lowest BCUT2D eigenvalue weighted by Gasteiger charge is -2.16. The summed E-state index contributed by atoms with van der Waals surface area (Å²) in [4.78, 5) is 13.8. The molecule has 0 N–H and O–H groups in total. The summed E-state index contributed by atoms with van der Waals surface area (Å²) in [7, 11) is 1.72. The van der Waals surface area contributed by atoms with E-state index >= 15 is 0 Å². The van der Waals surface area contributed by atoms with Crippen molar-refractivity contribution < 1.29 is 13.9 Å². The number of benzene rings is 1. The first-order chi connectivity index (χ1) is 10.9. The van der Waals surface area contributed by atoms with Crippen LogP contribution in [-0.2, 0) is 0 Å². The molecule has 0 radical (unpaired) electrons. The van der Waals surface area contributed by atoms with E-state index in [1.807, 2.05) is 26.0 Å². The molecule has 0 saturated carbocycles. The second-order valence-corrected chi connectivity index (χ2v) is 6.37. The monoisotopic (exact) mass is 335 g/mol. The normalized spacial score (nSPS) is 12.0. The number of likely N-dealkylation sites (N-methyl/N-ethyl adjacent to an activating group) is 1. The van der Waals surface area contributed by atoms with Gasteiger partial charge in [0.25, 0.3) is 5.91 Å². The predicted molar refractivity (Wildman–Crippen MR) is 91.3 cm³/mol. The van der Waals surface area contributed by atoms with Gasteiger partial charge >= 0.3 is 0 Å². The SMILES string of the molecule is Cc1cc(C)cc(OCCN(C)C(=O)c2ccc(C(C)Cl)o2)c1. The number of ether oxygens (including phenoxy) is 1.